The minimum absolute atomic E-state index is 0.248. The second-order valence-corrected chi connectivity index (χ2v) is 5.73. The Labute approximate surface area is 144 Å². The lowest BCUT2D eigenvalue weighted by Gasteiger charge is -2.03. The lowest BCUT2D eigenvalue weighted by molar-refractivity contribution is 0.0949. The summed E-state index contributed by atoms with van der Waals surface area (Å²) in [7, 11) is 0. The summed E-state index contributed by atoms with van der Waals surface area (Å²) in [5.41, 5.74) is 8.42. The van der Waals surface area contributed by atoms with Crippen LogP contribution in [-0.2, 0) is 6.42 Å². The number of oxazole rings is 1. The van der Waals surface area contributed by atoms with E-state index in [2.05, 4.69) is 10.3 Å². The van der Waals surface area contributed by atoms with E-state index in [1.54, 1.807) is 24.3 Å². The van der Waals surface area contributed by atoms with Gasteiger partial charge in [0.15, 0.2) is 5.69 Å². The molecule has 1 heterocycles. The number of nitrogens with one attached hydrogen (secondary N) is 1. The van der Waals surface area contributed by atoms with Gasteiger partial charge in [0.05, 0.1) is 0 Å². The molecule has 3 rings (SSSR count). The van der Waals surface area contributed by atoms with Crippen molar-refractivity contribution >= 4 is 23.2 Å². The van der Waals surface area contributed by atoms with Crippen molar-refractivity contribution in [2.75, 3.05) is 12.3 Å². The van der Waals surface area contributed by atoms with Gasteiger partial charge in [-0.15, -0.1) is 0 Å². The summed E-state index contributed by atoms with van der Waals surface area (Å²) < 4.78 is 5.36. The topological polar surface area (TPSA) is 81.1 Å². The smallest absolute Gasteiger partial charge is 0.273 e. The number of amides is 1. The number of anilines is 1. The highest BCUT2D eigenvalue weighted by Crippen LogP contribution is 2.19. The zero-order valence-corrected chi connectivity index (χ0v) is 13.6. The standard InChI is InChI=1S/C18H16ClN3O2/c19-14-5-1-12(2-6-14)9-10-21-17(23)16-11-24-18(22-16)13-3-7-15(20)8-4-13/h1-8,11H,9-10,20H2,(H,21,23). The van der Waals surface area contributed by atoms with Crippen LogP contribution in [0.2, 0.25) is 5.02 Å². The van der Waals surface area contributed by atoms with Crippen molar-refractivity contribution in [1.82, 2.24) is 10.3 Å². The van der Waals surface area contributed by atoms with Crippen molar-refractivity contribution in [2.45, 2.75) is 6.42 Å². The summed E-state index contributed by atoms with van der Waals surface area (Å²) in [4.78, 5) is 16.3. The van der Waals surface area contributed by atoms with Crippen LogP contribution in [0.1, 0.15) is 16.1 Å². The molecule has 0 unspecified atom stereocenters. The highest BCUT2D eigenvalue weighted by molar-refractivity contribution is 6.30. The average molecular weight is 342 g/mol. The van der Waals surface area contributed by atoms with Crippen LogP contribution in [-0.4, -0.2) is 17.4 Å². The third-order valence-electron chi connectivity index (χ3n) is 3.51. The van der Waals surface area contributed by atoms with Gasteiger partial charge in [-0.1, -0.05) is 23.7 Å². The van der Waals surface area contributed by atoms with Gasteiger partial charge < -0.3 is 15.5 Å². The zero-order chi connectivity index (χ0) is 16.9. The van der Waals surface area contributed by atoms with Crippen molar-refractivity contribution in [2.24, 2.45) is 0 Å². The number of nitrogen functional groups attached to an aromatic ring is 1. The first-order valence-corrected chi connectivity index (χ1v) is 7.84. The first kappa shape index (κ1) is 16.1. The number of carbonyl (C=O) groups excluding carboxylic acids is 1. The summed E-state index contributed by atoms with van der Waals surface area (Å²) >= 11 is 5.84. The van der Waals surface area contributed by atoms with Crippen LogP contribution in [0.25, 0.3) is 11.5 Å². The van der Waals surface area contributed by atoms with Gasteiger partial charge in [0.25, 0.3) is 5.91 Å². The molecule has 0 saturated carbocycles. The fourth-order valence-electron chi connectivity index (χ4n) is 2.20. The summed E-state index contributed by atoms with van der Waals surface area (Å²) in [6.45, 7) is 0.504. The molecule has 2 aromatic carbocycles. The Morgan fingerprint density at radius 1 is 1.12 bits per heavy atom. The molecule has 0 radical (unpaired) electrons. The Balaban J connectivity index is 1.57. The molecule has 122 valence electrons. The normalized spacial score (nSPS) is 10.5. The van der Waals surface area contributed by atoms with Crippen molar-refractivity contribution in [3.63, 3.8) is 0 Å². The van der Waals surface area contributed by atoms with Crippen LogP contribution in [0.5, 0.6) is 0 Å². The maximum absolute atomic E-state index is 12.1. The molecular formula is C18H16ClN3O2. The van der Waals surface area contributed by atoms with Crippen LogP contribution >= 0.6 is 11.6 Å². The number of hydrogen-bond donors (Lipinski definition) is 2. The molecule has 1 amide bonds. The predicted octanol–water partition coefficient (Wildman–Crippen LogP) is 3.55. The van der Waals surface area contributed by atoms with Gasteiger partial charge in [-0.05, 0) is 48.4 Å². The summed E-state index contributed by atoms with van der Waals surface area (Å²) in [6.07, 6.45) is 2.06. The molecule has 3 N–H and O–H groups in total. The van der Waals surface area contributed by atoms with Gasteiger partial charge in [-0.2, -0.15) is 0 Å². The van der Waals surface area contributed by atoms with E-state index >= 15 is 0 Å². The number of hydrogen-bond acceptors (Lipinski definition) is 4. The number of carbonyl (C=O) groups is 1. The predicted molar refractivity (Wildman–Crippen MR) is 93.8 cm³/mol. The fourth-order valence-corrected chi connectivity index (χ4v) is 2.32. The summed E-state index contributed by atoms with van der Waals surface area (Å²) in [5, 5.41) is 3.52. The molecule has 0 spiro atoms. The molecule has 0 aliphatic carbocycles. The van der Waals surface area contributed by atoms with E-state index in [-0.39, 0.29) is 11.6 Å². The SMILES string of the molecule is Nc1ccc(-c2nc(C(=O)NCCc3ccc(Cl)cc3)co2)cc1. The Hall–Kier alpha value is -2.79. The highest BCUT2D eigenvalue weighted by Gasteiger charge is 2.13. The number of rotatable bonds is 5. The van der Waals surface area contributed by atoms with E-state index in [0.717, 1.165) is 11.1 Å². The Morgan fingerprint density at radius 2 is 1.83 bits per heavy atom. The molecule has 0 aliphatic rings. The number of nitrogens with two attached hydrogens (primary N) is 1. The number of halogens is 1. The third-order valence-corrected chi connectivity index (χ3v) is 3.76. The fraction of sp³-hybridized carbons (Fsp3) is 0.111. The minimum Gasteiger partial charge on any atom is -0.444 e. The molecule has 0 bridgehead atoms. The molecule has 3 aromatic rings. The summed E-state index contributed by atoms with van der Waals surface area (Å²) in [5.74, 6) is 0.118. The minimum atomic E-state index is -0.269. The maximum Gasteiger partial charge on any atom is 0.273 e. The molecule has 5 nitrogen and oxygen atoms in total. The second-order valence-electron chi connectivity index (χ2n) is 5.29. The molecule has 0 aliphatic heterocycles. The zero-order valence-electron chi connectivity index (χ0n) is 12.8. The van der Waals surface area contributed by atoms with Crippen LogP contribution in [0.3, 0.4) is 0 Å². The lowest BCUT2D eigenvalue weighted by Crippen LogP contribution is -2.25. The highest BCUT2D eigenvalue weighted by atomic mass is 35.5. The monoisotopic (exact) mass is 341 g/mol. The Kier molecular flexibility index (Phi) is 4.82. The second kappa shape index (κ2) is 7.19. The number of benzene rings is 2. The Morgan fingerprint density at radius 3 is 2.54 bits per heavy atom. The largest absolute Gasteiger partial charge is 0.444 e. The van der Waals surface area contributed by atoms with Gasteiger partial charge >= 0.3 is 0 Å². The van der Waals surface area contributed by atoms with Gasteiger partial charge in [-0.3, -0.25) is 4.79 Å². The van der Waals surface area contributed by atoms with Crippen LogP contribution < -0.4 is 11.1 Å². The average Bonchev–Trinajstić information content (AvgIpc) is 3.07. The van der Waals surface area contributed by atoms with E-state index in [1.165, 1.54) is 6.26 Å². The van der Waals surface area contributed by atoms with Gasteiger partial charge in [0.1, 0.15) is 6.26 Å². The first-order valence-electron chi connectivity index (χ1n) is 7.46. The molecule has 0 atom stereocenters. The molecule has 6 heteroatoms. The van der Waals surface area contributed by atoms with E-state index in [4.69, 9.17) is 21.8 Å². The van der Waals surface area contributed by atoms with E-state index in [1.807, 2.05) is 24.3 Å². The van der Waals surface area contributed by atoms with Crippen molar-refractivity contribution in [3.8, 4) is 11.5 Å². The Bertz CT molecular complexity index is 826. The van der Waals surface area contributed by atoms with Crippen molar-refractivity contribution in [1.29, 1.82) is 0 Å². The molecular weight excluding hydrogens is 326 g/mol. The van der Waals surface area contributed by atoms with Crippen LogP contribution in [0.15, 0.2) is 59.2 Å². The molecule has 0 saturated heterocycles. The molecule has 1 aromatic heterocycles. The van der Waals surface area contributed by atoms with E-state index in [0.29, 0.717) is 29.6 Å². The number of nitrogens with zero attached hydrogens (tertiary/aromatic N) is 1. The lowest BCUT2D eigenvalue weighted by atomic mass is 10.1. The first-order chi connectivity index (χ1) is 11.6. The van der Waals surface area contributed by atoms with Crippen LogP contribution in [0.4, 0.5) is 5.69 Å². The van der Waals surface area contributed by atoms with Crippen molar-refractivity contribution in [3.05, 3.63) is 71.1 Å². The van der Waals surface area contributed by atoms with E-state index in [9.17, 15) is 4.79 Å². The molecule has 0 fully saturated rings. The summed E-state index contributed by atoms with van der Waals surface area (Å²) in [6, 6.07) is 14.6. The quantitative estimate of drug-likeness (QED) is 0.695. The maximum atomic E-state index is 12.1. The van der Waals surface area contributed by atoms with Crippen LogP contribution in [0, 0.1) is 0 Å². The molecule has 24 heavy (non-hydrogen) atoms. The van der Waals surface area contributed by atoms with Gasteiger partial charge in [0, 0.05) is 22.8 Å². The third kappa shape index (κ3) is 3.94. The van der Waals surface area contributed by atoms with Crippen molar-refractivity contribution < 1.29 is 9.21 Å². The van der Waals surface area contributed by atoms with Gasteiger partial charge in [-0.25, -0.2) is 4.98 Å². The number of aromatic nitrogens is 1. The van der Waals surface area contributed by atoms with E-state index < -0.39 is 0 Å². The van der Waals surface area contributed by atoms with Gasteiger partial charge in [0.2, 0.25) is 5.89 Å².